The largest absolute Gasteiger partial charge is 0.379 e. The van der Waals surface area contributed by atoms with Gasteiger partial charge in [-0.05, 0) is 30.7 Å². The van der Waals surface area contributed by atoms with Crippen LogP contribution in [0.1, 0.15) is 6.42 Å². The molecule has 0 saturated carbocycles. The van der Waals surface area contributed by atoms with Gasteiger partial charge in [0.1, 0.15) is 5.82 Å². The van der Waals surface area contributed by atoms with Gasteiger partial charge in [-0.1, -0.05) is 12.1 Å². The highest BCUT2D eigenvalue weighted by Gasteiger charge is 2.15. The summed E-state index contributed by atoms with van der Waals surface area (Å²) in [6.45, 7) is 1.51. The minimum atomic E-state index is -0.159. The van der Waals surface area contributed by atoms with Gasteiger partial charge in [-0.2, -0.15) is 0 Å². The van der Waals surface area contributed by atoms with E-state index in [0.717, 1.165) is 35.6 Å². The number of nitrogens with zero attached hydrogens (tertiary/aromatic N) is 2. The molecule has 2 aromatic heterocycles. The van der Waals surface area contributed by atoms with Gasteiger partial charge in [0.25, 0.3) is 0 Å². The van der Waals surface area contributed by atoms with E-state index in [2.05, 4.69) is 15.3 Å². The first-order chi connectivity index (χ1) is 10.8. The van der Waals surface area contributed by atoms with Gasteiger partial charge < -0.3 is 15.0 Å². The average molecular weight is 296 g/mol. The lowest BCUT2D eigenvalue weighted by Gasteiger charge is -2.11. The van der Waals surface area contributed by atoms with Crippen LogP contribution in [-0.2, 0) is 4.74 Å². The highest BCUT2D eigenvalue weighted by atomic mass is 16.5. The van der Waals surface area contributed by atoms with E-state index in [9.17, 15) is 4.79 Å². The molecule has 1 fully saturated rings. The van der Waals surface area contributed by atoms with Crippen molar-refractivity contribution in [2.45, 2.75) is 12.5 Å². The number of imidazole rings is 1. The fourth-order valence-electron chi connectivity index (χ4n) is 2.77. The summed E-state index contributed by atoms with van der Waals surface area (Å²) in [6.07, 6.45) is 2.70. The molecule has 0 radical (unpaired) electrons. The summed E-state index contributed by atoms with van der Waals surface area (Å²) in [4.78, 5) is 19.4. The minimum Gasteiger partial charge on any atom is -0.379 e. The van der Waals surface area contributed by atoms with Crippen molar-refractivity contribution in [3.63, 3.8) is 0 Å². The normalized spacial score (nSPS) is 17.9. The van der Waals surface area contributed by atoms with Crippen molar-refractivity contribution in [1.29, 1.82) is 0 Å². The summed E-state index contributed by atoms with van der Waals surface area (Å²) in [5, 5.41) is 3.33. The van der Waals surface area contributed by atoms with E-state index in [1.807, 2.05) is 36.4 Å². The molecule has 6 nitrogen and oxygen atoms in total. The maximum Gasteiger partial charge on any atom is 0.331 e. The van der Waals surface area contributed by atoms with Crippen LogP contribution in [0.5, 0.6) is 0 Å². The first-order valence-electron chi connectivity index (χ1n) is 7.32. The molecule has 1 aliphatic heterocycles. The predicted molar refractivity (Wildman–Crippen MR) is 84.5 cm³/mol. The van der Waals surface area contributed by atoms with Crippen molar-refractivity contribution < 1.29 is 4.74 Å². The zero-order chi connectivity index (χ0) is 14.9. The van der Waals surface area contributed by atoms with Crippen LogP contribution in [0.15, 0.2) is 47.4 Å². The summed E-state index contributed by atoms with van der Waals surface area (Å²) in [6, 6.07) is 11.7. The second kappa shape index (κ2) is 5.31. The van der Waals surface area contributed by atoms with E-state index in [1.54, 1.807) is 10.8 Å². The number of aromatic amines is 1. The van der Waals surface area contributed by atoms with Crippen LogP contribution in [-0.4, -0.2) is 33.8 Å². The van der Waals surface area contributed by atoms with Crippen LogP contribution in [0.25, 0.3) is 16.7 Å². The summed E-state index contributed by atoms with van der Waals surface area (Å²) >= 11 is 0. The Hall–Kier alpha value is -2.60. The van der Waals surface area contributed by atoms with Gasteiger partial charge in [0.15, 0.2) is 0 Å². The van der Waals surface area contributed by atoms with Crippen LogP contribution in [0.4, 0.5) is 5.82 Å². The van der Waals surface area contributed by atoms with Crippen LogP contribution in [0.2, 0.25) is 0 Å². The van der Waals surface area contributed by atoms with E-state index in [0.29, 0.717) is 12.6 Å². The molecule has 22 heavy (non-hydrogen) atoms. The molecule has 0 amide bonds. The van der Waals surface area contributed by atoms with Gasteiger partial charge in [-0.25, -0.2) is 9.78 Å². The van der Waals surface area contributed by atoms with E-state index in [1.165, 1.54) is 0 Å². The van der Waals surface area contributed by atoms with Crippen molar-refractivity contribution in [1.82, 2.24) is 14.5 Å². The lowest BCUT2D eigenvalue weighted by molar-refractivity contribution is 0.195. The molecule has 0 spiro atoms. The molecule has 3 aromatic rings. The smallest absolute Gasteiger partial charge is 0.331 e. The number of anilines is 1. The zero-order valence-electron chi connectivity index (χ0n) is 12.0. The predicted octanol–water partition coefficient (Wildman–Crippen LogP) is 1.91. The second-order valence-electron chi connectivity index (χ2n) is 5.39. The maximum atomic E-state index is 12.2. The summed E-state index contributed by atoms with van der Waals surface area (Å²) in [5.74, 6) is 0.798. The summed E-state index contributed by atoms with van der Waals surface area (Å²) < 4.78 is 6.97. The van der Waals surface area contributed by atoms with Crippen molar-refractivity contribution >= 4 is 16.9 Å². The zero-order valence-corrected chi connectivity index (χ0v) is 12.0. The molecule has 1 atom stereocenters. The van der Waals surface area contributed by atoms with Gasteiger partial charge in [0, 0.05) is 6.61 Å². The first-order valence-corrected chi connectivity index (χ1v) is 7.32. The molecular weight excluding hydrogens is 280 g/mol. The first kappa shape index (κ1) is 13.1. The number of hydrogen-bond acceptors (Lipinski definition) is 4. The Morgan fingerprint density at radius 1 is 1.27 bits per heavy atom. The third kappa shape index (κ3) is 2.27. The number of para-hydroxylation sites is 2. The lowest BCUT2D eigenvalue weighted by atomic mass is 10.2. The van der Waals surface area contributed by atoms with Gasteiger partial charge in [0.05, 0.1) is 35.6 Å². The Morgan fingerprint density at radius 2 is 2.18 bits per heavy atom. The van der Waals surface area contributed by atoms with Gasteiger partial charge in [-0.3, -0.25) is 4.57 Å². The molecule has 1 aromatic carbocycles. The molecule has 1 saturated heterocycles. The standard InChI is InChI=1S/C16H16N4O2/c21-16-19-13-3-1-2-4-14(13)20(16)12-5-6-15(17-9-12)18-11-7-8-22-10-11/h1-6,9,11H,7-8,10H2,(H,17,18)(H,19,21)/t11-/m0/s1. The third-order valence-electron chi connectivity index (χ3n) is 3.88. The van der Waals surface area contributed by atoms with Crippen molar-refractivity contribution in [3.05, 3.63) is 53.1 Å². The number of rotatable bonds is 3. The highest BCUT2D eigenvalue weighted by molar-refractivity contribution is 5.77. The third-order valence-corrected chi connectivity index (χ3v) is 3.88. The molecule has 4 rings (SSSR count). The average Bonchev–Trinajstić information content (AvgIpc) is 3.15. The monoisotopic (exact) mass is 296 g/mol. The number of pyridine rings is 1. The molecule has 0 aliphatic carbocycles. The topological polar surface area (TPSA) is 71.9 Å². The number of benzene rings is 1. The summed E-state index contributed by atoms with van der Waals surface area (Å²) in [7, 11) is 0. The Morgan fingerprint density at radius 3 is 2.95 bits per heavy atom. The Labute approximate surface area is 126 Å². The van der Waals surface area contributed by atoms with Crippen LogP contribution in [0.3, 0.4) is 0 Å². The molecule has 6 heteroatoms. The number of hydrogen-bond donors (Lipinski definition) is 2. The van der Waals surface area contributed by atoms with Crippen LogP contribution in [0, 0.1) is 0 Å². The minimum absolute atomic E-state index is 0.159. The van der Waals surface area contributed by atoms with E-state index in [4.69, 9.17) is 4.74 Å². The molecule has 0 bridgehead atoms. The van der Waals surface area contributed by atoms with E-state index < -0.39 is 0 Å². The maximum absolute atomic E-state index is 12.2. The van der Waals surface area contributed by atoms with Crippen LogP contribution >= 0.6 is 0 Å². The van der Waals surface area contributed by atoms with Crippen molar-refractivity contribution in [2.75, 3.05) is 18.5 Å². The van der Waals surface area contributed by atoms with Crippen LogP contribution < -0.4 is 11.0 Å². The number of nitrogens with one attached hydrogen (secondary N) is 2. The molecule has 1 aliphatic rings. The van der Waals surface area contributed by atoms with Gasteiger partial charge >= 0.3 is 5.69 Å². The van der Waals surface area contributed by atoms with Gasteiger partial charge in [-0.15, -0.1) is 0 Å². The molecular formula is C16H16N4O2. The van der Waals surface area contributed by atoms with E-state index >= 15 is 0 Å². The molecule has 3 heterocycles. The van der Waals surface area contributed by atoms with E-state index in [-0.39, 0.29) is 5.69 Å². The number of ether oxygens (including phenoxy) is 1. The Bertz CT molecular complexity index is 844. The SMILES string of the molecule is O=c1[nH]c2ccccc2n1-c1ccc(N[C@H]2CCOC2)nc1. The molecule has 112 valence electrons. The van der Waals surface area contributed by atoms with Crippen molar-refractivity contribution in [2.24, 2.45) is 0 Å². The van der Waals surface area contributed by atoms with Crippen molar-refractivity contribution in [3.8, 4) is 5.69 Å². The fraction of sp³-hybridized carbons (Fsp3) is 0.250. The Kier molecular flexibility index (Phi) is 3.16. The Balaban J connectivity index is 1.67. The quantitative estimate of drug-likeness (QED) is 0.774. The fourth-order valence-corrected chi connectivity index (χ4v) is 2.77. The molecule has 0 unspecified atom stereocenters. The summed E-state index contributed by atoms with van der Waals surface area (Å²) in [5.41, 5.74) is 2.25. The number of aromatic nitrogens is 3. The lowest BCUT2D eigenvalue weighted by Crippen LogP contribution is -2.20. The van der Waals surface area contributed by atoms with Gasteiger partial charge in [0.2, 0.25) is 0 Å². The number of fused-ring (bicyclic) bond motifs is 1. The number of H-pyrrole nitrogens is 1. The molecule has 2 N–H and O–H groups in total. The second-order valence-corrected chi connectivity index (χ2v) is 5.39. The highest BCUT2D eigenvalue weighted by Crippen LogP contribution is 2.17.